The predicted octanol–water partition coefficient (Wildman–Crippen LogP) is 2.92. The molecule has 0 radical (unpaired) electrons. The summed E-state index contributed by atoms with van der Waals surface area (Å²) in [5.41, 5.74) is 0.0743. The summed E-state index contributed by atoms with van der Waals surface area (Å²) in [5, 5.41) is 0. The number of fused-ring (bicyclic) bond motifs is 1. The van der Waals surface area contributed by atoms with Crippen LogP contribution in [-0.2, 0) is 40.4 Å². The van der Waals surface area contributed by atoms with E-state index >= 15 is 0 Å². The molecular formula is C15H23HgO3. The van der Waals surface area contributed by atoms with Gasteiger partial charge in [-0.25, -0.2) is 0 Å². The molecule has 0 N–H and O–H groups in total. The van der Waals surface area contributed by atoms with Crippen LogP contribution in [0.2, 0.25) is 3.43 Å². The second-order valence-electron chi connectivity index (χ2n) is 7.08. The van der Waals surface area contributed by atoms with Gasteiger partial charge >= 0.3 is 132 Å². The average Bonchev–Trinajstić information content (AvgIpc) is 2.33. The van der Waals surface area contributed by atoms with Crippen molar-refractivity contribution in [2.24, 2.45) is 22.7 Å². The zero-order chi connectivity index (χ0) is 14.4. The van der Waals surface area contributed by atoms with Crippen molar-refractivity contribution >= 4 is 11.8 Å². The van der Waals surface area contributed by atoms with Gasteiger partial charge in [0.15, 0.2) is 0 Å². The minimum atomic E-state index is -0.531. The quantitative estimate of drug-likeness (QED) is 0.350. The Balaban J connectivity index is 2.42. The first-order chi connectivity index (χ1) is 8.75. The molecular weight excluding hydrogens is 429 g/mol. The van der Waals surface area contributed by atoms with Gasteiger partial charge in [-0.1, -0.05) is 0 Å². The number of hydrogen-bond acceptors (Lipinski definition) is 3. The summed E-state index contributed by atoms with van der Waals surface area (Å²) in [6.07, 6.45) is 3.66. The van der Waals surface area contributed by atoms with Gasteiger partial charge in [0.25, 0.3) is 0 Å². The fraction of sp³-hybridized carbons (Fsp3) is 0.867. The van der Waals surface area contributed by atoms with Crippen LogP contribution in [0.5, 0.6) is 0 Å². The second kappa shape index (κ2) is 5.12. The van der Waals surface area contributed by atoms with Crippen LogP contribution in [0, 0.1) is 22.7 Å². The third-order valence-electron chi connectivity index (χ3n) is 5.88. The molecule has 2 rings (SSSR count). The first-order valence-corrected chi connectivity index (χ1v) is 10.4. The molecule has 0 spiro atoms. The normalized spacial score (nSPS) is 41.6. The van der Waals surface area contributed by atoms with Crippen LogP contribution in [0.15, 0.2) is 0 Å². The van der Waals surface area contributed by atoms with Gasteiger partial charge in [0, 0.05) is 0 Å². The number of carbonyl (C=O) groups excluding carboxylic acids is 2. The molecule has 0 aromatic heterocycles. The van der Waals surface area contributed by atoms with Gasteiger partial charge in [-0.2, -0.15) is 0 Å². The number of Topliss-reactive ketones (excluding diaryl/α,β-unsaturated/α-hetero) is 1. The van der Waals surface area contributed by atoms with E-state index in [0.29, 0.717) is 12.3 Å². The first kappa shape index (κ1) is 15.5. The van der Waals surface area contributed by atoms with Crippen molar-refractivity contribution in [1.82, 2.24) is 0 Å². The summed E-state index contributed by atoms with van der Waals surface area (Å²) in [6, 6.07) is 0. The van der Waals surface area contributed by atoms with E-state index in [1.54, 1.807) is 0 Å². The van der Waals surface area contributed by atoms with Crippen LogP contribution in [-0.4, -0.2) is 18.9 Å². The molecule has 19 heavy (non-hydrogen) atoms. The number of rotatable bonds is 1. The van der Waals surface area contributed by atoms with Crippen molar-refractivity contribution < 1.29 is 40.4 Å². The molecule has 3 nitrogen and oxygen atoms in total. The summed E-state index contributed by atoms with van der Waals surface area (Å²) >= 11 is 0.750. The van der Waals surface area contributed by atoms with Crippen LogP contribution < -0.4 is 0 Å². The van der Waals surface area contributed by atoms with Crippen LogP contribution in [0.1, 0.15) is 46.5 Å². The van der Waals surface area contributed by atoms with Crippen LogP contribution in [0.4, 0.5) is 0 Å². The molecule has 0 saturated heterocycles. The Hall–Kier alpha value is 0.0751. The van der Waals surface area contributed by atoms with Crippen LogP contribution >= 0.6 is 0 Å². The third kappa shape index (κ3) is 2.30. The van der Waals surface area contributed by atoms with E-state index in [-0.39, 0.29) is 22.6 Å². The van der Waals surface area contributed by atoms with E-state index in [0.717, 1.165) is 42.4 Å². The van der Waals surface area contributed by atoms with Crippen molar-refractivity contribution in [3.05, 3.63) is 0 Å². The van der Waals surface area contributed by atoms with Crippen molar-refractivity contribution in [3.8, 4) is 0 Å². The molecule has 0 aromatic rings. The Labute approximate surface area is 131 Å². The fourth-order valence-corrected chi connectivity index (χ4v) is 6.43. The molecule has 0 unspecified atom stereocenters. The van der Waals surface area contributed by atoms with Gasteiger partial charge in [-0.15, -0.1) is 0 Å². The van der Waals surface area contributed by atoms with Crippen molar-refractivity contribution in [3.63, 3.8) is 0 Å². The molecule has 4 atom stereocenters. The van der Waals surface area contributed by atoms with Crippen LogP contribution in [0.3, 0.4) is 0 Å². The summed E-state index contributed by atoms with van der Waals surface area (Å²) in [4.78, 5) is 24.4. The number of ether oxygens (including phenoxy) is 1. The maximum absolute atomic E-state index is 12.3. The molecule has 0 amide bonds. The van der Waals surface area contributed by atoms with E-state index in [1.807, 2.05) is 0 Å². The molecule has 2 aliphatic carbocycles. The molecule has 0 bridgehead atoms. The Bertz CT molecular complexity index is 396. The molecule has 0 heterocycles. The molecule has 4 heteroatoms. The zero-order valence-electron chi connectivity index (χ0n) is 12.5. The van der Waals surface area contributed by atoms with Gasteiger partial charge in [0.2, 0.25) is 0 Å². The van der Waals surface area contributed by atoms with Gasteiger partial charge in [-0.3, -0.25) is 0 Å². The number of carbonyl (C=O) groups is 2. The Morgan fingerprint density at radius 1 is 1.32 bits per heavy atom. The Morgan fingerprint density at radius 3 is 2.53 bits per heavy atom. The Kier molecular flexibility index (Phi) is 4.17. The van der Waals surface area contributed by atoms with E-state index in [2.05, 4.69) is 20.8 Å². The minimum absolute atomic E-state index is 0.0955. The molecule has 2 fully saturated rings. The topological polar surface area (TPSA) is 43.4 Å². The molecule has 0 aromatic carbocycles. The van der Waals surface area contributed by atoms with Gasteiger partial charge in [0.05, 0.1) is 0 Å². The molecule has 103 valence electrons. The van der Waals surface area contributed by atoms with Crippen LogP contribution in [0.25, 0.3) is 0 Å². The molecule has 2 saturated carbocycles. The SMILES string of the molecule is COC(=O)[C@H]1C(=O)CC[C@H]2C(C)(C)[C@@H]([Hg])CC[C@]12C. The number of ketones is 1. The summed E-state index contributed by atoms with van der Waals surface area (Å²) < 4.78 is 5.75. The Morgan fingerprint density at radius 2 is 1.95 bits per heavy atom. The van der Waals surface area contributed by atoms with E-state index in [1.165, 1.54) is 13.5 Å². The first-order valence-electron chi connectivity index (χ1n) is 7.18. The second-order valence-corrected chi connectivity index (χ2v) is 10.9. The number of methoxy groups -OCH3 is 1. The molecule has 2 aliphatic rings. The van der Waals surface area contributed by atoms with Crippen molar-refractivity contribution in [2.45, 2.75) is 49.9 Å². The summed E-state index contributed by atoms with van der Waals surface area (Å²) in [7, 11) is 1.40. The van der Waals surface area contributed by atoms with Crippen molar-refractivity contribution in [2.75, 3.05) is 7.11 Å². The number of esters is 1. The number of hydrogen-bond donors (Lipinski definition) is 0. The molecule has 0 aliphatic heterocycles. The predicted molar refractivity (Wildman–Crippen MR) is 68.1 cm³/mol. The van der Waals surface area contributed by atoms with Crippen molar-refractivity contribution in [1.29, 1.82) is 0 Å². The monoisotopic (exact) mass is 453 g/mol. The third-order valence-corrected chi connectivity index (χ3v) is 11.6. The van der Waals surface area contributed by atoms with E-state index in [4.69, 9.17) is 4.74 Å². The summed E-state index contributed by atoms with van der Waals surface area (Å²) in [6.45, 7) is 6.84. The average molecular weight is 452 g/mol. The standard InChI is InChI=1S/C15H23O3.Hg/c1-14(2)8-5-9-15(3)11(14)7-6-10(16)12(15)13(17)18-4;/h8,11-12H,5-7,9H2,1-4H3;/t11-,12+,15-;/m0./s1. The van der Waals surface area contributed by atoms with Gasteiger partial charge < -0.3 is 0 Å². The van der Waals surface area contributed by atoms with Gasteiger partial charge in [0.1, 0.15) is 0 Å². The zero-order valence-corrected chi connectivity index (χ0v) is 18.0. The van der Waals surface area contributed by atoms with E-state index < -0.39 is 5.92 Å². The maximum atomic E-state index is 12.3. The fourth-order valence-electron chi connectivity index (χ4n) is 4.53. The van der Waals surface area contributed by atoms with E-state index in [9.17, 15) is 9.59 Å². The van der Waals surface area contributed by atoms with Gasteiger partial charge in [-0.05, 0) is 0 Å². The summed E-state index contributed by atoms with van der Waals surface area (Å²) in [5.74, 6) is -0.280.